The summed E-state index contributed by atoms with van der Waals surface area (Å²) < 4.78 is 5.15. The molecule has 0 amide bonds. The Hall–Kier alpha value is -3.09. The predicted octanol–water partition coefficient (Wildman–Crippen LogP) is 3.05. The summed E-state index contributed by atoms with van der Waals surface area (Å²) >= 11 is 0. The Labute approximate surface area is 144 Å². The minimum Gasteiger partial charge on any atom is -0.497 e. The molecule has 0 saturated carbocycles. The lowest BCUT2D eigenvalue weighted by Crippen LogP contribution is -2.39. The first kappa shape index (κ1) is 16.8. The second kappa shape index (κ2) is 6.80. The number of nitro benzene ring substituents is 1. The summed E-state index contributed by atoms with van der Waals surface area (Å²) in [7, 11) is 1.58. The number of aliphatic carboxylic acids is 1. The number of carboxylic acids is 1. The number of methoxy groups -OCH3 is 1. The van der Waals surface area contributed by atoms with Gasteiger partial charge in [0.2, 0.25) is 0 Å². The SMILES string of the molecule is COc1ccc([C@H]2CCN(c3ccc([N+](=O)[O-])cc3)[C@@H]2C(=O)O)cc1. The van der Waals surface area contributed by atoms with Crippen LogP contribution >= 0.6 is 0 Å². The summed E-state index contributed by atoms with van der Waals surface area (Å²) in [5.41, 5.74) is 1.60. The van der Waals surface area contributed by atoms with Gasteiger partial charge in [-0.25, -0.2) is 4.79 Å². The van der Waals surface area contributed by atoms with Crippen LogP contribution in [0.4, 0.5) is 11.4 Å². The monoisotopic (exact) mass is 342 g/mol. The van der Waals surface area contributed by atoms with Crippen molar-refractivity contribution in [3.8, 4) is 5.75 Å². The van der Waals surface area contributed by atoms with Crippen LogP contribution in [0.1, 0.15) is 17.9 Å². The van der Waals surface area contributed by atoms with Crippen molar-refractivity contribution in [1.82, 2.24) is 0 Å². The number of benzene rings is 2. The molecule has 7 nitrogen and oxygen atoms in total. The van der Waals surface area contributed by atoms with Crippen molar-refractivity contribution in [3.05, 3.63) is 64.2 Å². The van der Waals surface area contributed by atoms with Gasteiger partial charge in [0.15, 0.2) is 0 Å². The first-order valence-electron chi connectivity index (χ1n) is 7.89. The van der Waals surface area contributed by atoms with Crippen LogP contribution in [0.3, 0.4) is 0 Å². The average Bonchev–Trinajstić information content (AvgIpc) is 3.07. The molecule has 0 aromatic heterocycles. The van der Waals surface area contributed by atoms with Gasteiger partial charge in [-0.3, -0.25) is 10.1 Å². The Morgan fingerprint density at radius 1 is 1.20 bits per heavy atom. The van der Waals surface area contributed by atoms with E-state index < -0.39 is 16.9 Å². The zero-order valence-electron chi connectivity index (χ0n) is 13.7. The highest BCUT2D eigenvalue weighted by molar-refractivity contribution is 5.81. The maximum Gasteiger partial charge on any atom is 0.326 e. The van der Waals surface area contributed by atoms with E-state index in [4.69, 9.17) is 4.74 Å². The smallest absolute Gasteiger partial charge is 0.326 e. The quantitative estimate of drug-likeness (QED) is 0.663. The maximum atomic E-state index is 11.9. The van der Waals surface area contributed by atoms with Crippen LogP contribution < -0.4 is 9.64 Å². The molecule has 3 rings (SSSR count). The van der Waals surface area contributed by atoms with Crippen LogP contribution in [0, 0.1) is 10.1 Å². The molecule has 2 aromatic rings. The van der Waals surface area contributed by atoms with E-state index >= 15 is 0 Å². The van der Waals surface area contributed by atoms with Crippen LogP contribution in [0.15, 0.2) is 48.5 Å². The van der Waals surface area contributed by atoms with E-state index in [1.54, 1.807) is 24.1 Å². The molecule has 1 aliphatic heterocycles. The van der Waals surface area contributed by atoms with Gasteiger partial charge in [-0.1, -0.05) is 12.1 Å². The Bertz CT molecular complexity index is 773. The zero-order valence-corrected chi connectivity index (χ0v) is 13.7. The molecule has 1 saturated heterocycles. The number of non-ortho nitro benzene ring substituents is 1. The number of anilines is 1. The summed E-state index contributed by atoms with van der Waals surface area (Å²) in [5.74, 6) is -0.337. The van der Waals surface area contributed by atoms with Gasteiger partial charge in [-0.05, 0) is 36.2 Å². The lowest BCUT2D eigenvalue weighted by molar-refractivity contribution is -0.384. The molecule has 0 bridgehead atoms. The highest BCUT2D eigenvalue weighted by Crippen LogP contribution is 2.37. The predicted molar refractivity (Wildman–Crippen MR) is 92.2 cm³/mol. The van der Waals surface area contributed by atoms with E-state index in [-0.39, 0.29) is 11.6 Å². The standard InChI is InChI=1S/C18H18N2O5/c1-25-15-8-2-12(3-9-15)16-10-11-19(17(16)18(21)22)13-4-6-14(7-5-13)20(23)24/h2-9,16-17H,10-11H2,1H3,(H,21,22)/t16-,17+/m1/s1. The van der Waals surface area contributed by atoms with Crippen LogP contribution in [0.2, 0.25) is 0 Å². The topological polar surface area (TPSA) is 92.9 Å². The third-order valence-electron chi connectivity index (χ3n) is 4.59. The lowest BCUT2D eigenvalue weighted by atomic mass is 9.91. The number of nitro groups is 1. The van der Waals surface area contributed by atoms with Gasteiger partial charge in [0, 0.05) is 30.3 Å². The van der Waals surface area contributed by atoms with Crippen LogP contribution in [-0.4, -0.2) is 35.7 Å². The Kier molecular flexibility index (Phi) is 4.56. The van der Waals surface area contributed by atoms with Gasteiger partial charge in [0.1, 0.15) is 11.8 Å². The molecular formula is C18H18N2O5. The fourth-order valence-corrected chi connectivity index (χ4v) is 3.35. The van der Waals surface area contributed by atoms with E-state index in [0.717, 1.165) is 11.3 Å². The Morgan fingerprint density at radius 2 is 1.84 bits per heavy atom. The third kappa shape index (κ3) is 3.26. The first-order valence-corrected chi connectivity index (χ1v) is 7.89. The molecule has 1 N–H and O–H groups in total. The van der Waals surface area contributed by atoms with E-state index in [9.17, 15) is 20.0 Å². The number of carboxylic acid groups (broad SMARTS) is 1. The molecule has 1 aliphatic rings. The van der Waals surface area contributed by atoms with Gasteiger partial charge in [0.25, 0.3) is 5.69 Å². The number of nitrogens with zero attached hydrogens (tertiary/aromatic N) is 2. The molecule has 1 heterocycles. The van der Waals surface area contributed by atoms with E-state index in [1.165, 1.54) is 12.1 Å². The van der Waals surface area contributed by atoms with Crippen LogP contribution in [0.5, 0.6) is 5.75 Å². The summed E-state index contributed by atoms with van der Waals surface area (Å²) in [6.45, 7) is 0.575. The molecule has 25 heavy (non-hydrogen) atoms. The average molecular weight is 342 g/mol. The number of ether oxygens (including phenoxy) is 1. The second-order valence-corrected chi connectivity index (χ2v) is 5.92. The van der Waals surface area contributed by atoms with Crippen LogP contribution in [0.25, 0.3) is 0 Å². The van der Waals surface area contributed by atoms with Crippen molar-refractivity contribution in [2.24, 2.45) is 0 Å². The fourth-order valence-electron chi connectivity index (χ4n) is 3.35. The van der Waals surface area contributed by atoms with Gasteiger partial charge >= 0.3 is 5.97 Å². The van der Waals surface area contributed by atoms with Crippen molar-refractivity contribution in [3.63, 3.8) is 0 Å². The van der Waals surface area contributed by atoms with Gasteiger partial charge in [0.05, 0.1) is 12.0 Å². The molecular weight excluding hydrogens is 324 g/mol. The zero-order chi connectivity index (χ0) is 18.0. The van der Waals surface area contributed by atoms with Crippen molar-refractivity contribution >= 4 is 17.3 Å². The molecule has 2 aromatic carbocycles. The van der Waals surface area contributed by atoms with Crippen molar-refractivity contribution in [2.45, 2.75) is 18.4 Å². The second-order valence-electron chi connectivity index (χ2n) is 5.92. The molecule has 0 radical (unpaired) electrons. The molecule has 1 fully saturated rings. The largest absolute Gasteiger partial charge is 0.497 e. The fraction of sp³-hybridized carbons (Fsp3) is 0.278. The minimum atomic E-state index is -0.906. The maximum absolute atomic E-state index is 11.9. The summed E-state index contributed by atoms with van der Waals surface area (Å²) in [5, 5.41) is 20.5. The number of carbonyl (C=O) groups is 1. The van der Waals surface area contributed by atoms with Crippen molar-refractivity contribution in [1.29, 1.82) is 0 Å². The van der Waals surface area contributed by atoms with Gasteiger partial charge in [-0.2, -0.15) is 0 Å². The molecule has 0 unspecified atom stereocenters. The Balaban J connectivity index is 1.88. The highest BCUT2D eigenvalue weighted by atomic mass is 16.6. The summed E-state index contributed by atoms with van der Waals surface area (Å²) in [6.07, 6.45) is 0.695. The lowest BCUT2D eigenvalue weighted by Gasteiger charge is -2.26. The number of hydrogen-bond acceptors (Lipinski definition) is 5. The van der Waals surface area contributed by atoms with E-state index in [0.29, 0.717) is 18.7 Å². The first-order chi connectivity index (χ1) is 12.0. The minimum absolute atomic E-state index is 0.0125. The molecule has 7 heteroatoms. The van der Waals surface area contributed by atoms with E-state index in [1.807, 2.05) is 24.3 Å². The number of rotatable bonds is 5. The Morgan fingerprint density at radius 3 is 2.36 bits per heavy atom. The molecule has 130 valence electrons. The highest BCUT2D eigenvalue weighted by Gasteiger charge is 2.40. The summed E-state index contributed by atoms with van der Waals surface area (Å²) in [6, 6.07) is 12.7. The van der Waals surface area contributed by atoms with Crippen molar-refractivity contribution in [2.75, 3.05) is 18.6 Å². The number of hydrogen-bond donors (Lipinski definition) is 1. The van der Waals surface area contributed by atoms with Crippen LogP contribution in [-0.2, 0) is 4.79 Å². The normalized spacial score (nSPS) is 19.6. The molecule has 2 atom stereocenters. The van der Waals surface area contributed by atoms with Gasteiger partial charge < -0.3 is 14.7 Å². The third-order valence-corrected chi connectivity index (χ3v) is 4.59. The molecule has 0 spiro atoms. The van der Waals surface area contributed by atoms with E-state index in [2.05, 4.69) is 0 Å². The summed E-state index contributed by atoms with van der Waals surface area (Å²) in [4.78, 5) is 24.0. The molecule has 0 aliphatic carbocycles. The van der Waals surface area contributed by atoms with Gasteiger partial charge in [-0.15, -0.1) is 0 Å². The van der Waals surface area contributed by atoms with Crippen molar-refractivity contribution < 1.29 is 19.6 Å².